The summed E-state index contributed by atoms with van der Waals surface area (Å²) in [5.74, 6) is -0.958. The zero-order valence-corrected chi connectivity index (χ0v) is 19.4. The molecule has 30 heavy (non-hydrogen) atoms. The number of rotatable bonds is 6. The zero-order valence-electron chi connectivity index (χ0n) is 17.8. The summed E-state index contributed by atoms with van der Waals surface area (Å²) in [7, 11) is -7.33. The summed E-state index contributed by atoms with van der Waals surface area (Å²) >= 11 is 0. The summed E-state index contributed by atoms with van der Waals surface area (Å²) in [6, 6.07) is 6.07. The predicted octanol–water partition coefficient (Wildman–Crippen LogP) is 2.02. The molecule has 0 amide bonds. The van der Waals surface area contributed by atoms with Crippen LogP contribution in [0.5, 0.6) is 0 Å². The first-order valence-corrected chi connectivity index (χ1v) is 13.9. The van der Waals surface area contributed by atoms with E-state index in [1.165, 1.54) is 0 Å². The number of carbonyl (C=O) groups is 1. The summed E-state index contributed by atoms with van der Waals surface area (Å²) in [5, 5.41) is -1.03. The number of esters is 1. The van der Waals surface area contributed by atoms with Gasteiger partial charge in [-0.05, 0) is 49.9 Å². The minimum absolute atomic E-state index is 0.151. The van der Waals surface area contributed by atoms with Crippen LogP contribution in [0.15, 0.2) is 29.2 Å². The lowest BCUT2D eigenvalue weighted by atomic mass is 9.96. The maximum absolute atomic E-state index is 13.4. The largest absolute Gasteiger partial charge is 0.466 e. The molecule has 0 spiro atoms. The average molecular weight is 458 g/mol. The molecule has 2 aliphatic rings. The standard InChI is InChI=1S/C21H31NO6S2/c1-4-28-21(23)17-6-5-11-22(12-17)19-13-29(24,25)14-20(19)30(26,27)18-9-7-16(8-10-18)15(2)3/h7-10,15,17,19-20H,4-6,11-14H2,1-3H3/t17?,19-,20-/m0/s1. The number of nitrogens with zero attached hydrogens (tertiary/aromatic N) is 1. The third kappa shape index (κ3) is 4.89. The molecule has 1 aromatic rings. The van der Waals surface area contributed by atoms with Crippen LogP contribution in [0.4, 0.5) is 0 Å². The Kier molecular flexibility index (Phi) is 6.94. The SMILES string of the molecule is CCOC(=O)C1CCCN([C@H]2CS(=O)(=O)C[C@@H]2S(=O)(=O)c2ccc(C(C)C)cc2)C1. The fraction of sp³-hybridized carbons (Fsp3) is 0.667. The summed E-state index contributed by atoms with van der Waals surface area (Å²) in [5.41, 5.74) is 1.03. The van der Waals surface area contributed by atoms with E-state index in [9.17, 15) is 21.6 Å². The van der Waals surface area contributed by atoms with Gasteiger partial charge in [0.15, 0.2) is 19.7 Å². The van der Waals surface area contributed by atoms with Gasteiger partial charge >= 0.3 is 5.97 Å². The van der Waals surface area contributed by atoms with E-state index < -0.39 is 31.0 Å². The minimum atomic E-state index is -3.84. The van der Waals surface area contributed by atoms with Crippen LogP contribution in [-0.4, -0.2) is 70.2 Å². The first kappa shape index (κ1) is 23.2. The lowest BCUT2D eigenvalue weighted by Gasteiger charge is -2.37. The molecule has 0 aromatic heterocycles. The van der Waals surface area contributed by atoms with Gasteiger partial charge in [0.05, 0.1) is 34.2 Å². The van der Waals surface area contributed by atoms with Gasteiger partial charge in [0.2, 0.25) is 0 Å². The first-order chi connectivity index (χ1) is 14.0. The van der Waals surface area contributed by atoms with Gasteiger partial charge in [-0.15, -0.1) is 0 Å². The van der Waals surface area contributed by atoms with Crippen molar-refractivity contribution in [1.82, 2.24) is 4.90 Å². The molecule has 0 radical (unpaired) electrons. The second kappa shape index (κ2) is 8.96. The van der Waals surface area contributed by atoms with Crippen LogP contribution in [-0.2, 0) is 29.2 Å². The number of hydrogen-bond acceptors (Lipinski definition) is 7. The molecule has 168 valence electrons. The molecular formula is C21H31NO6S2. The van der Waals surface area contributed by atoms with Crippen LogP contribution < -0.4 is 0 Å². The average Bonchev–Trinajstić information content (AvgIpc) is 3.05. The highest BCUT2D eigenvalue weighted by atomic mass is 32.2. The fourth-order valence-corrected chi connectivity index (χ4v) is 9.24. The van der Waals surface area contributed by atoms with E-state index in [1.54, 1.807) is 31.2 Å². The molecule has 0 saturated carbocycles. The Morgan fingerprint density at radius 2 is 1.87 bits per heavy atom. The number of piperidine rings is 1. The second-order valence-electron chi connectivity index (χ2n) is 8.54. The summed E-state index contributed by atoms with van der Waals surface area (Å²) in [6.45, 7) is 7.00. The Morgan fingerprint density at radius 1 is 1.20 bits per heavy atom. The van der Waals surface area contributed by atoms with Gasteiger partial charge in [-0.1, -0.05) is 26.0 Å². The van der Waals surface area contributed by atoms with Crippen molar-refractivity contribution in [2.75, 3.05) is 31.2 Å². The van der Waals surface area contributed by atoms with Crippen molar-refractivity contribution < 1.29 is 26.4 Å². The second-order valence-corrected chi connectivity index (χ2v) is 12.9. The van der Waals surface area contributed by atoms with Gasteiger partial charge in [-0.3, -0.25) is 9.69 Å². The van der Waals surface area contributed by atoms with E-state index in [0.717, 1.165) is 5.56 Å². The van der Waals surface area contributed by atoms with Gasteiger partial charge in [-0.2, -0.15) is 0 Å². The van der Waals surface area contributed by atoms with Crippen LogP contribution >= 0.6 is 0 Å². The van der Waals surface area contributed by atoms with E-state index in [0.29, 0.717) is 25.9 Å². The van der Waals surface area contributed by atoms with E-state index in [-0.39, 0.29) is 40.8 Å². The van der Waals surface area contributed by atoms with Crippen LogP contribution in [0.25, 0.3) is 0 Å². The molecule has 0 bridgehead atoms. The Labute approximate surface area is 179 Å². The quantitative estimate of drug-likeness (QED) is 0.603. The van der Waals surface area contributed by atoms with Crippen LogP contribution in [0, 0.1) is 5.92 Å². The zero-order chi connectivity index (χ0) is 22.1. The van der Waals surface area contributed by atoms with Crippen molar-refractivity contribution >= 4 is 25.6 Å². The normalized spacial score (nSPS) is 27.3. The van der Waals surface area contributed by atoms with E-state index in [2.05, 4.69) is 0 Å². The third-order valence-electron chi connectivity index (χ3n) is 6.09. The molecule has 0 aliphatic carbocycles. The molecule has 3 atom stereocenters. The maximum Gasteiger partial charge on any atom is 0.310 e. The Hall–Kier alpha value is -1.45. The maximum atomic E-state index is 13.4. The molecule has 2 aliphatic heterocycles. The molecule has 2 saturated heterocycles. The van der Waals surface area contributed by atoms with Crippen molar-refractivity contribution in [3.8, 4) is 0 Å². The van der Waals surface area contributed by atoms with Crippen LogP contribution in [0.1, 0.15) is 45.1 Å². The molecule has 1 unspecified atom stereocenters. The number of ether oxygens (including phenoxy) is 1. The Morgan fingerprint density at radius 3 is 2.47 bits per heavy atom. The van der Waals surface area contributed by atoms with Crippen molar-refractivity contribution in [3.05, 3.63) is 29.8 Å². The lowest BCUT2D eigenvalue weighted by Crippen LogP contribution is -2.51. The monoisotopic (exact) mass is 457 g/mol. The smallest absolute Gasteiger partial charge is 0.310 e. The summed E-state index contributed by atoms with van der Waals surface area (Å²) in [6.07, 6.45) is 1.37. The fourth-order valence-electron chi connectivity index (χ4n) is 4.41. The van der Waals surface area contributed by atoms with Gasteiger partial charge in [0.1, 0.15) is 0 Å². The van der Waals surface area contributed by atoms with E-state index >= 15 is 0 Å². The minimum Gasteiger partial charge on any atom is -0.466 e. The number of likely N-dealkylation sites (tertiary alicyclic amines) is 1. The van der Waals surface area contributed by atoms with Gasteiger partial charge in [0, 0.05) is 12.6 Å². The van der Waals surface area contributed by atoms with Gasteiger partial charge in [0.25, 0.3) is 0 Å². The number of benzene rings is 1. The topological polar surface area (TPSA) is 97.8 Å². The first-order valence-electron chi connectivity index (χ1n) is 10.5. The molecule has 2 fully saturated rings. The predicted molar refractivity (Wildman–Crippen MR) is 115 cm³/mol. The summed E-state index contributed by atoms with van der Waals surface area (Å²) < 4.78 is 56.8. The Bertz CT molecular complexity index is 969. The highest BCUT2D eigenvalue weighted by molar-refractivity contribution is 7.96. The number of hydrogen-bond donors (Lipinski definition) is 0. The molecular weight excluding hydrogens is 426 g/mol. The van der Waals surface area contributed by atoms with Crippen LogP contribution in [0.2, 0.25) is 0 Å². The van der Waals surface area contributed by atoms with Crippen LogP contribution in [0.3, 0.4) is 0 Å². The van der Waals surface area contributed by atoms with Crippen molar-refractivity contribution in [2.45, 2.75) is 55.7 Å². The third-order valence-corrected chi connectivity index (χ3v) is 10.2. The van der Waals surface area contributed by atoms with Gasteiger partial charge in [-0.25, -0.2) is 16.8 Å². The van der Waals surface area contributed by atoms with Gasteiger partial charge < -0.3 is 4.74 Å². The van der Waals surface area contributed by atoms with Crippen molar-refractivity contribution in [2.24, 2.45) is 5.92 Å². The van der Waals surface area contributed by atoms with Crippen molar-refractivity contribution in [1.29, 1.82) is 0 Å². The summed E-state index contributed by atoms with van der Waals surface area (Å²) in [4.78, 5) is 14.2. The molecule has 7 nitrogen and oxygen atoms in total. The van der Waals surface area contributed by atoms with E-state index in [1.807, 2.05) is 18.7 Å². The highest BCUT2D eigenvalue weighted by Gasteiger charge is 2.49. The molecule has 9 heteroatoms. The molecule has 2 heterocycles. The number of sulfone groups is 2. The number of carbonyl (C=O) groups excluding carboxylic acids is 1. The lowest BCUT2D eigenvalue weighted by molar-refractivity contribution is -0.150. The molecule has 3 rings (SSSR count). The van der Waals surface area contributed by atoms with E-state index in [4.69, 9.17) is 4.74 Å². The highest BCUT2D eigenvalue weighted by Crippen LogP contribution is 2.32. The molecule has 1 aromatic carbocycles. The molecule has 0 N–H and O–H groups in total. The Balaban J connectivity index is 1.87. The van der Waals surface area contributed by atoms with Crippen molar-refractivity contribution in [3.63, 3.8) is 0 Å².